The van der Waals surface area contributed by atoms with Gasteiger partial charge < -0.3 is 9.67 Å². The predicted octanol–water partition coefficient (Wildman–Crippen LogP) is 7.09. The van der Waals surface area contributed by atoms with E-state index in [9.17, 15) is 4.79 Å². The van der Waals surface area contributed by atoms with Gasteiger partial charge >= 0.3 is 5.97 Å². The number of carbonyl (C=O) groups is 1. The average molecular weight is 430 g/mol. The molecule has 1 atom stereocenters. The summed E-state index contributed by atoms with van der Waals surface area (Å²) < 4.78 is 2.46. The van der Waals surface area contributed by atoms with Gasteiger partial charge in [-0.05, 0) is 78.3 Å². The molecule has 0 bridgehead atoms. The van der Waals surface area contributed by atoms with E-state index in [1.165, 1.54) is 46.6 Å². The number of carboxylic acid groups (broad SMARTS) is 1. The van der Waals surface area contributed by atoms with E-state index in [4.69, 9.17) is 5.11 Å². The van der Waals surface area contributed by atoms with Gasteiger partial charge in [-0.15, -0.1) is 0 Å². The third-order valence-corrected chi connectivity index (χ3v) is 7.52. The number of benzene rings is 2. The normalized spacial score (nSPS) is 16.0. The van der Waals surface area contributed by atoms with Crippen molar-refractivity contribution in [1.29, 1.82) is 0 Å². The second kappa shape index (κ2) is 9.36. The van der Waals surface area contributed by atoms with E-state index >= 15 is 0 Å². The molecular formula is C29H35NO2. The summed E-state index contributed by atoms with van der Waals surface area (Å²) in [6.45, 7) is 7.15. The third kappa shape index (κ3) is 4.67. The van der Waals surface area contributed by atoms with Crippen molar-refractivity contribution in [2.45, 2.75) is 65.7 Å². The zero-order valence-electron chi connectivity index (χ0n) is 19.6. The van der Waals surface area contributed by atoms with Gasteiger partial charge in [-0.2, -0.15) is 0 Å². The van der Waals surface area contributed by atoms with Gasteiger partial charge in [-0.25, -0.2) is 0 Å². The van der Waals surface area contributed by atoms with Crippen LogP contribution in [0, 0.1) is 11.3 Å². The van der Waals surface area contributed by atoms with Crippen LogP contribution in [0.5, 0.6) is 0 Å². The number of hydrogen-bond donors (Lipinski definition) is 1. The first-order valence-corrected chi connectivity index (χ1v) is 12.0. The van der Waals surface area contributed by atoms with E-state index in [-0.39, 0.29) is 6.42 Å². The summed E-state index contributed by atoms with van der Waals surface area (Å²) in [6.07, 6.45) is 6.41. The molecule has 4 rings (SSSR count). The van der Waals surface area contributed by atoms with Gasteiger partial charge in [0.05, 0.1) is 5.69 Å². The van der Waals surface area contributed by atoms with Crippen molar-refractivity contribution in [2.75, 3.05) is 0 Å². The molecule has 2 aromatic carbocycles. The van der Waals surface area contributed by atoms with Crippen molar-refractivity contribution in [3.63, 3.8) is 0 Å². The molecule has 0 aliphatic heterocycles. The van der Waals surface area contributed by atoms with Crippen LogP contribution in [0.1, 0.15) is 63.3 Å². The Morgan fingerprint density at radius 1 is 1.09 bits per heavy atom. The molecule has 1 heterocycles. The molecule has 1 aliphatic carbocycles. The van der Waals surface area contributed by atoms with Gasteiger partial charge in [0.15, 0.2) is 0 Å². The Balaban J connectivity index is 1.69. The SMILES string of the molecule is CCC(C)(C)C1CCc2c(cc(-c3ccccc3)n2-c2ccc(CCCC(=O)O)cc2)C1. The smallest absolute Gasteiger partial charge is 0.303 e. The standard InChI is InChI=1S/C29H35NO2/c1-4-29(2,3)24-15-18-26-23(19-24)20-27(22-10-6-5-7-11-22)30(26)25-16-13-21(14-17-25)9-8-12-28(31)32/h5-7,10-11,13-14,16-17,20,24H,4,8-9,12,15,18-19H2,1-3H3,(H,31,32). The topological polar surface area (TPSA) is 42.2 Å². The van der Waals surface area contributed by atoms with Crippen LogP contribution in [0.4, 0.5) is 0 Å². The first kappa shape index (κ1) is 22.4. The Morgan fingerprint density at radius 2 is 1.81 bits per heavy atom. The molecule has 3 aromatic rings. The molecule has 1 aromatic heterocycles. The number of aryl methyl sites for hydroxylation is 1. The summed E-state index contributed by atoms with van der Waals surface area (Å²) in [6, 6.07) is 21.8. The maximum absolute atomic E-state index is 10.8. The summed E-state index contributed by atoms with van der Waals surface area (Å²) in [7, 11) is 0. The molecule has 168 valence electrons. The molecule has 0 saturated carbocycles. The molecule has 1 aliphatic rings. The lowest BCUT2D eigenvalue weighted by molar-refractivity contribution is -0.137. The highest BCUT2D eigenvalue weighted by Crippen LogP contribution is 2.42. The first-order valence-electron chi connectivity index (χ1n) is 12.0. The van der Waals surface area contributed by atoms with Crippen LogP contribution in [0.2, 0.25) is 0 Å². The first-order chi connectivity index (χ1) is 15.4. The number of aromatic nitrogens is 1. The number of rotatable bonds is 8. The quantitative estimate of drug-likeness (QED) is 0.415. The Kier molecular flexibility index (Phi) is 6.55. The van der Waals surface area contributed by atoms with E-state index in [0.29, 0.717) is 11.8 Å². The van der Waals surface area contributed by atoms with Crippen LogP contribution in [0.25, 0.3) is 16.9 Å². The fourth-order valence-corrected chi connectivity index (χ4v) is 5.06. The van der Waals surface area contributed by atoms with Gasteiger partial charge in [0.25, 0.3) is 0 Å². The highest BCUT2D eigenvalue weighted by atomic mass is 16.4. The van der Waals surface area contributed by atoms with Crippen molar-refractivity contribution in [2.24, 2.45) is 11.3 Å². The number of fused-ring (bicyclic) bond motifs is 1. The van der Waals surface area contributed by atoms with E-state index in [1.54, 1.807) is 0 Å². The molecule has 3 heteroatoms. The fraction of sp³-hybridized carbons (Fsp3) is 0.414. The van der Waals surface area contributed by atoms with Crippen molar-refractivity contribution in [3.05, 3.63) is 77.5 Å². The van der Waals surface area contributed by atoms with E-state index in [2.05, 4.69) is 86.0 Å². The van der Waals surface area contributed by atoms with Gasteiger partial charge in [-0.3, -0.25) is 4.79 Å². The van der Waals surface area contributed by atoms with Crippen LogP contribution in [0.15, 0.2) is 60.7 Å². The predicted molar refractivity (Wildman–Crippen MR) is 131 cm³/mol. The highest BCUT2D eigenvalue weighted by Gasteiger charge is 2.33. The monoisotopic (exact) mass is 429 g/mol. The molecule has 0 amide bonds. The van der Waals surface area contributed by atoms with Gasteiger partial charge in [-0.1, -0.05) is 69.7 Å². The fourth-order valence-electron chi connectivity index (χ4n) is 5.06. The lowest BCUT2D eigenvalue weighted by Gasteiger charge is -2.36. The summed E-state index contributed by atoms with van der Waals surface area (Å²) >= 11 is 0. The highest BCUT2D eigenvalue weighted by molar-refractivity contribution is 5.67. The molecule has 0 saturated heterocycles. The van der Waals surface area contributed by atoms with Crippen LogP contribution < -0.4 is 0 Å². The zero-order chi connectivity index (χ0) is 22.7. The van der Waals surface area contributed by atoms with Crippen LogP contribution in [-0.4, -0.2) is 15.6 Å². The average Bonchev–Trinajstić information content (AvgIpc) is 3.19. The minimum Gasteiger partial charge on any atom is -0.481 e. The maximum Gasteiger partial charge on any atom is 0.303 e. The second-order valence-corrected chi connectivity index (χ2v) is 9.90. The largest absolute Gasteiger partial charge is 0.481 e. The Morgan fingerprint density at radius 3 is 2.47 bits per heavy atom. The molecule has 1 N–H and O–H groups in total. The Labute approximate surface area is 192 Å². The maximum atomic E-state index is 10.8. The minimum atomic E-state index is -0.724. The molecule has 3 nitrogen and oxygen atoms in total. The number of nitrogens with zero attached hydrogens (tertiary/aromatic N) is 1. The van der Waals surface area contributed by atoms with Crippen LogP contribution in [-0.2, 0) is 24.1 Å². The van der Waals surface area contributed by atoms with Crippen molar-refractivity contribution in [3.8, 4) is 16.9 Å². The van der Waals surface area contributed by atoms with E-state index in [1.807, 2.05) is 0 Å². The second-order valence-electron chi connectivity index (χ2n) is 9.90. The Hall–Kier alpha value is -2.81. The van der Waals surface area contributed by atoms with Crippen molar-refractivity contribution < 1.29 is 9.90 Å². The molecule has 0 spiro atoms. The van der Waals surface area contributed by atoms with Crippen molar-refractivity contribution in [1.82, 2.24) is 4.57 Å². The molecule has 32 heavy (non-hydrogen) atoms. The summed E-state index contributed by atoms with van der Waals surface area (Å²) in [5.41, 5.74) is 8.22. The van der Waals surface area contributed by atoms with Gasteiger partial charge in [0, 0.05) is 17.8 Å². The van der Waals surface area contributed by atoms with E-state index in [0.717, 1.165) is 25.2 Å². The number of aliphatic carboxylic acids is 1. The lowest BCUT2D eigenvalue weighted by Crippen LogP contribution is -2.29. The summed E-state index contributed by atoms with van der Waals surface area (Å²) in [5.74, 6) is -0.00580. The third-order valence-electron chi connectivity index (χ3n) is 7.52. The number of hydrogen-bond acceptors (Lipinski definition) is 1. The van der Waals surface area contributed by atoms with Gasteiger partial charge in [0.2, 0.25) is 0 Å². The lowest BCUT2D eigenvalue weighted by atomic mass is 9.69. The van der Waals surface area contributed by atoms with Crippen molar-refractivity contribution >= 4 is 5.97 Å². The zero-order valence-corrected chi connectivity index (χ0v) is 19.6. The minimum absolute atomic E-state index is 0.223. The summed E-state index contributed by atoms with van der Waals surface area (Å²) in [4.78, 5) is 10.8. The van der Waals surface area contributed by atoms with Crippen LogP contribution in [0.3, 0.4) is 0 Å². The van der Waals surface area contributed by atoms with Crippen LogP contribution >= 0.6 is 0 Å². The van der Waals surface area contributed by atoms with Gasteiger partial charge in [0.1, 0.15) is 0 Å². The van der Waals surface area contributed by atoms with E-state index < -0.39 is 5.97 Å². The Bertz CT molecular complexity index is 1060. The molecule has 1 unspecified atom stereocenters. The summed E-state index contributed by atoms with van der Waals surface area (Å²) in [5, 5.41) is 8.89. The number of carboxylic acids is 1. The molecular weight excluding hydrogens is 394 g/mol. The molecule has 0 fully saturated rings. The molecule has 0 radical (unpaired) electrons.